The van der Waals surface area contributed by atoms with Crippen LogP contribution < -0.4 is 0 Å². The van der Waals surface area contributed by atoms with Gasteiger partial charge in [-0.3, -0.25) is 0 Å². The van der Waals surface area contributed by atoms with Gasteiger partial charge in [-0.1, -0.05) is 6.92 Å². The van der Waals surface area contributed by atoms with Crippen molar-refractivity contribution in [2.75, 3.05) is 0 Å². The van der Waals surface area contributed by atoms with Gasteiger partial charge in [-0.2, -0.15) is 5.10 Å². The Balaban J connectivity index is 2.37. The number of imidazole rings is 1. The molecule has 0 fully saturated rings. The van der Waals surface area contributed by atoms with Crippen LogP contribution in [0.1, 0.15) is 31.9 Å². The second-order valence-corrected chi connectivity index (χ2v) is 6.82. The van der Waals surface area contributed by atoms with Gasteiger partial charge in [0.25, 0.3) is 9.05 Å². The largest absolute Gasteiger partial charge is 0.326 e. The molecule has 20 heavy (non-hydrogen) atoms. The van der Waals surface area contributed by atoms with E-state index in [0.29, 0.717) is 25.3 Å². The predicted molar refractivity (Wildman–Crippen MR) is 74.1 cm³/mol. The van der Waals surface area contributed by atoms with E-state index in [4.69, 9.17) is 10.7 Å². The van der Waals surface area contributed by atoms with Crippen LogP contribution in [0, 0.1) is 0 Å². The zero-order valence-electron chi connectivity index (χ0n) is 11.3. The lowest BCUT2D eigenvalue weighted by Gasteiger charge is -2.07. The number of rotatable bonds is 6. The molecule has 0 spiro atoms. The van der Waals surface area contributed by atoms with Gasteiger partial charge in [0.2, 0.25) is 0 Å². The van der Waals surface area contributed by atoms with Crippen LogP contribution in [0.2, 0.25) is 0 Å². The van der Waals surface area contributed by atoms with E-state index in [-0.39, 0.29) is 5.03 Å². The van der Waals surface area contributed by atoms with Crippen molar-refractivity contribution in [1.82, 2.24) is 24.3 Å². The van der Waals surface area contributed by atoms with Crippen molar-refractivity contribution >= 4 is 19.7 Å². The van der Waals surface area contributed by atoms with E-state index in [0.717, 1.165) is 12.2 Å². The second-order valence-electron chi connectivity index (χ2n) is 4.30. The van der Waals surface area contributed by atoms with Crippen molar-refractivity contribution in [2.45, 2.75) is 44.8 Å². The van der Waals surface area contributed by atoms with Gasteiger partial charge in [0.1, 0.15) is 18.0 Å². The Morgan fingerprint density at radius 2 is 2.05 bits per heavy atom. The lowest BCUT2D eigenvalue weighted by Crippen LogP contribution is -2.10. The van der Waals surface area contributed by atoms with Gasteiger partial charge < -0.3 is 4.57 Å². The first-order chi connectivity index (χ1) is 9.45. The molecule has 7 nitrogen and oxygen atoms in total. The molecule has 110 valence electrons. The van der Waals surface area contributed by atoms with Crippen molar-refractivity contribution in [3.63, 3.8) is 0 Å². The minimum atomic E-state index is -3.82. The molecular formula is C11H16ClN5O2S. The van der Waals surface area contributed by atoms with E-state index in [9.17, 15) is 8.42 Å². The summed E-state index contributed by atoms with van der Waals surface area (Å²) in [6, 6.07) is 0. The highest BCUT2D eigenvalue weighted by molar-refractivity contribution is 8.13. The summed E-state index contributed by atoms with van der Waals surface area (Å²) in [5.41, 5.74) is 0. The van der Waals surface area contributed by atoms with Gasteiger partial charge in [-0.15, -0.1) is 0 Å². The first-order valence-corrected chi connectivity index (χ1v) is 8.64. The molecule has 2 heterocycles. The Morgan fingerprint density at radius 1 is 1.30 bits per heavy atom. The topological polar surface area (TPSA) is 82.7 Å². The standard InChI is InChI=1S/C11H16ClN5O2S/c1-3-5-9-15-11(20(12,18)19)7-16(9)6-10-13-8-14-17(10)4-2/h7-8H,3-6H2,1-2H3. The molecule has 9 heteroatoms. The summed E-state index contributed by atoms with van der Waals surface area (Å²) in [6.07, 6.45) is 4.46. The summed E-state index contributed by atoms with van der Waals surface area (Å²) in [5.74, 6) is 1.43. The smallest absolute Gasteiger partial charge is 0.280 e. The molecule has 2 rings (SSSR count). The van der Waals surface area contributed by atoms with Crippen molar-refractivity contribution in [2.24, 2.45) is 0 Å². The Kier molecular flexibility index (Phi) is 4.44. The highest BCUT2D eigenvalue weighted by atomic mass is 35.7. The Labute approximate surface area is 122 Å². The fourth-order valence-corrected chi connectivity index (χ4v) is 2.62. The first-order valence-electron chi connectivity index (χ1n) is 6.33. The number of hydrogen-bond acceptors (Lipinski definition) is 5. The number of aryl methyl sites for hydroxylation is 2. The zero-order valence-corrected chi connectivity index (χ0v) is 12.9. The van der Waals surface area contributed by atoms with Crippen molar-refractivity contribution in [3.05, 3.63) is 24.2 Å². The van der Waals surface area contributed by atoms with E-state index < -0.39 is 9.05 Å². The van der Waals surface area contributed by atoms with Crippen LogP contribution in [0.15, 0.2) is 17.6 Å². The van der Waals surface area contributed by atoms with Crippen molar-refractivity contribution in [1.29, 1.82) is 0 Å². The van der Waals surface area contributed by atoms with Gasteiger partial charge in [-0.25, -0.2) is 23.1 Å². The molecule has 2 aromatic rings. The maximum atomic E-state index is 11.4. The highest BCUT2D eigenvalue weighted by Gasteiger charge is 2.18. The molecule has 0 saturated carbocycles. The third kappa shape index (κ3) is 3.18. The normalized spacial score (nSPS) is 11.9. The molecule has 0 amide bonds. The summed E-state index contributed by atoms with van der Waals surface area (Å²) in [4.78, 5) is 8.27. The average Bonchev–Trinajstić information content (AvgIpc) is 2.97. The monoisotopic (exact) mass is 317 g/mol. The average molecular weight is 318 g/mol. The van der Waals surface area contributed by atoms with E-state index in [1.165, 1.54) is 12.5 Å². The van der Waals surface area contributed by atoms with E-state index in [2.05, 4.69) is 15.1 Å². The minimum absolute atomic E-state index is 0.120. The number of nitrogens with zero attached hydrogens (tertiary/aromatic N) is 5. The van der Waals surface area contributed by atoms with Gasteiger partial charge in [0, 0.05) is 29.8 Å². The molecule has 0 unspecified atom stereocenters. The molecule has 0 saturated heterocycles. The molecular weight excluding hydrogens is 302 g/mol. The Hall–Kier alpha value is -1.41. The maximum absolute atomic E-state index is 11.4. The molecule has 0 radical (unpaired) electrons. The summed E-state index contributed by atoms with van der Waals surface area (Å²) in [5, 5.41) is 3.97. The maximum Gasteiger partial charge on any atom is 0.280 e. The lowest BCUT2D eigenvalue weighted by molar-refractivity contribution is 0.580. The summed E-state index contributed by atoms with van der Waals surface area (Å²) >= 11 is 0. The Morgan fingerprint density at radius 3 is 2.65 bits per heavy atom. The third-order valence-corrected chi connectivity index (χ3v) is 4.04. The van der Waals surface area contributed by atoms with E-state index in [1.54, 1.807) is 9.25 Å². The summed E-state index contributed by atoms with van der Waals surface area (Å²) in [6.45, 7) is 5.09. The third-order valence-electron chi connectivity index (χ3n) is 2.87. The van der Waals surface area contributed by atoms with Crippen LogP contribution in [0.4, 0.5) is 0 Å². The number of halogens is 1. The van der Waals surface area contributed by atoms with Gasteiger partial charge in [0.15, 0.2) is 5.03 Å². The minimum Gasteiger partial charge on any atom is -0.326 e. The van der Waals surface area contributed by atoms with Crippen LogP contribution in [-0.4, -0.2) is 32.7 Å². The van der Waals surface area contributed by atoms with Crippen LogP contribution in [0.3, 0.4) is 0 Å². The van der Waals surface area contributed by atoms with Crippen molar-refractivity contribution in [3.8, 4) is 0 Å². The predicted octanol–water partition coefficient (Wildman–Crippen LogP) is 1.42. The molecule has 2 aromatic heterocycles. The van der Waals surface area contributed by atoms with Gasteiger partial charge in [0.05, 0.1) is 6.54 Å². The number of hydrogen-bond donors (Lipinski definition) is 0. The fraction of sp³-hybridized carbons (Fsp3) is 0.545. The molecule has 0 aliphatic rings. The van der Waals surface area contributed by atoms with Crippen LogP contribution in [0.5, 0.6) is 0 Å². The SMILES string of the molecule is CCCc1nc(S(=O)(=O)Cl)cn1Cc1ncnn1CC. The molecule has 0 aliphatic heterocycles. The van der Waals surface area contributed by atoms with Gasteiger partial charge >= 0.3 is 0 Å². The highest BCUT2D eigenvalue weighted by Crippen LogP contribution is 2.16. The zero-order chi connectivity index (χ0) is 14.8. The van der Waals surface area contributed by atoms with E-state index in [1.807, 2.05) is 13.8 Å². The first kappa shape index (κ1) is 15.0. The van der Waals surface area contributed by atoms with Gasteiger partial charge in [-0.05, 0) is 13.3 Å². The van der Waals surface area contributed by atoms with E-state index >= 15 is 0 Å². The van der Waals surface area contributed by atoms with Crippen LogP contribution >= 0.6 is 10.7 Å². The number of aromatic nitrogens is 5. The quantitative estimate of drug-likeness (QED) is 0.752. The Bertz CT molecular complexity index is 691. The molecule has 0 atom stereocenters. The fourth-order valence-electron chi connectivity index (χ4n) is 1.93. The summed E-state index contributed by atoms with van der Waals surface area (Å²) < 4.78 is 26.3. The van der Waals surface area contributed by atoms with Crippen LogP contribution in [0.25, 0.3) is 0 Å². The van der Waals surface area contributed by atoms with Crippen LogP contribution in [-0.2, 0) is 28.6 Å². The molecule has 0 bridgehead atoms. The van der Waals surface area contributed by atoms with Crippen molar-refractivity contribution < 1.29 is 8.42 Å². The molecule has 0 aromatic carbocycles. The second kappa shape index (κ2) is 5.92. The molecule has 0 N–H and O–H groups in total. The lowest BCUT2D eigenvalue weighted by atomic mass is 10.3. The summed E-state index contributed by atoms with van der Waals surface area (Å²) in [7, 11) is 1.53. The molecule has 0 aliphatic carbocycles.